The fraction of sp³-hybridized carbons (Fsp3) is 0.0417. The van der Waals surface area contributed by atoms with Crippen molar-refractivity contribution in [2.75, 3.05) is 0 Å². The molecule has 6 heteroatoms. The van der Waals surface area contributed by atoms with E-state index >= 15 is 0 Å². The summed E-state index contributed by atoms with van der Waals surface area (Å²) in [6, 6.07) is 27.9. The van der Waals surface area contributed by atoms with Gasteiger partial charge in [-0.25, -0.2) is 0 Å². The van der Waals surface area contributed by atoms with Gasteiger partial charge in [0.1, 0.15) is 0 Å². The van der Waals surface area contributed by atoms with E-state index < -0.39 is 0 Å². The first-order valence-electron chi connectivity index (χ1n) is 9.17. The Balaban J connectivity index is 0.00000218. The second-order valence-corrected chi connectivity index (χ2v) is 6.48. The topological polar surface area (TPSA) is 43.8 Å². The van der Waals surface area contributed by atoms with Crippen LogP contribution in [0.25, 0.3) is 28.1 Å². The normalized spacial score (nSPS) is 10.6. The number of nitrogens with zero attached hydrogens (tertiary/aromatic N) is 4. The Morgan fingerprint density at radius 3 is 2.53 bits per heavy atom. The average molecular weight is 571 g/mol. The minimum Gasteiger partial charge on any atom is -0.510 e. The molecule has 5 aromatic rings. The van der Waals surface area contributed by atoms with Gasteiger partial charge in [-0.2, -0.15) is 12.1 Å². The quantitative estimate of drug-likeness (QED) is 0.241. The molecule has 0 saturated heterocycles. The van der Waals surface area contributed by atoms with Crippen LogP contribution in [-0.4, -0.2) is 14.5 Å². The van der Waals surface area contributed by atoms with E-state index in [1.807, 2.05) is 64.7 Å². The van der Waals surface area contributed by atoms with E-state index in [1.54, 1.807) is 18.5 Å². The molecule has 0 aliphatic rings. The zero-order valence-corrected chi connectivity index (χ0v) is 18.3. The smallest absolute Gasteiger partial charge is 0.242 e. The number of aryl methyl sites for hydroxylation is 1. The van der Waals surface area contributed by atoms with Crippen molar-refractivity contribution in [1.29, 1.82) is 0 Å². The second-order valence-electron chi connectivity index (χ2n) is 6.48. The first kappa shape index (κ1) is 20.0. The molecular formula is C24H16N4OPt-2. The van der Waals surface area contributed by atoms with Crippen LogP contribution in [0.4, 0.5) is 0 Å². The minimum atomic E-state index is 0. The predicted octanol–water partition coefficient (Wildman–Crippen LogP) is 4.10. The Hall–Kier alpha value is -3.30. The first-order valence-corrected chi connectivity index (χ1v) is 9.17. The molecule has 3 aromatic heterocycles. The van der Waals surface area contributed by atoms with Crippen molar-refractivity contribution in [3.8, 4) is 28.6 Å². The van der Waals surface area contributed by atoms with Gasteiger partial charge in [0.25, 0.3) is 0 Å². The Kier molecular flexibility index (Phi) is 5.73. The summed E-state index contributed by atoms with van der Waals surface area (Å²) in [5.74, 6) is 1.15. The van der Waals surface area contributed by atoms with Crippen molar-refractivity contribution in [2.24, 2.45) is 7.05 Å². The number of aromatic nitrogens is 4. The standard InChI is InChI=1S/C24H16N4O.Pt/c1-27-17-28(24-11-3-2-10-23(24)27)18-7-6-8-19(15-18)29-20-12-14-26-22(16-20)21-9-4-5-13-25-21;/h2-14H,1H3;/q-2;. The van der Waals surface area contributed by atoms with Crippen LogP contribution in [-0.2, 0) is 28.1 Å². The predicted molar refractivity (Wildman–Crippen MR) is 109 cm³/mol. The Morgan fingerprint density at radius 1 is 0.833 bits per heavy atom. The molecule has 150 valence electrons. The van der Waals surface area contributed by atoms with Crippen LogP contribution in [0.3, 0.4) is 0 Å². The van der Waals surface area contributed by atoms with Gasteiger partial charge in [-0.3, -0.25) is 4.98 Å². The molecule has 0 atom stereocenters. The number of rotatable bonds is 4. The van der Waals surface area contributed by atoms with Gasteiger partial charge < -0.3 is 18.9 Å². The molecule has 0 saturated carbocycles. The van der Waals surface area contributed by atoms with Gasteiger partial charge in [-0.05, 0) is 23.7 Å². The molecule has 0 unspecified atom stereocenters. The number of hydrogen-bond donors (Lipinski definition) is 0. The zero-order valence-electron chi connectivity index (χ0n) is 16.0. The monoisotopic (exact) mass is 571 g/mol. The van der Waals surface area contributed by atoms with Crippen molar-refractivity contribution in [2.45, 2.75) is 0 Å². The molecule has 0 spiro atoms. The number of para-hydroxylation sites is 2. The molecule has 0 radical (unpaired) electrons. The van der Waals surface area contributed by atoms with E-state index in [1.165, 1.54) is 0 Å². The third kappa shape index (κ3) is 3.89. The molecule has 5 rings (SSSR count). The summed E-state index contributed by atoms with van der Waals surface area (Å²) < 4.78 is 9.94. The van der Waals surface area contributed by atoms with Crippen molar-refractivity contribution >= 4 is 11.0 Å². The van der Waals surface area contributed by atoms with Crippen molar-refractivity contribution in [3.63, 3.8) is 0 Å². The summed E-state index contributed by atoms with van der Waals surface area (Å²) in [6.45, 7) is 0. The largest absolute Gasteiger partial charge is 0.510 e. The maximum Gasteiger partial charge on any atom is 0.242 e. The number of ether oxygens (including phenoxy) is 1. The second kappa shape index (κ2) is 8.60. The number of imidazole rings is 1. The van der Waals surface area contributed by atoms with Crippen LogP contribution in [0.15, 0.2) is 79.1 Å². The Morgan fingerprint density at radius 2 is 1.67 bits per heavy atom. The Labute approximate surface area is 188 Å². The molecule has 30 heavy (non-hydrogen) atoms. The van der Waals surface area contributed by atoms with Gasteiger partial charge in [0, 0.05) is 38.8 Å². The first-order chi connectivity index (χ1) is 14.3. The van der Waals surface area contributed by atoms with Crippen molar-refractivity contribution in [1.82, 2.24) is 14.5 Å². The molecule has 0 aliphatic carbocycles. The van der Waals surface area contributed by atoms with Crippen molar-refractivity contribution < 1.29 is 30.4 Å². The van der Waals surface area contributed by atoms with Crippen LogP contribution >= 0.6 is 0 Å². The Bertz CT molecular complexity index is 1300. The van der Waals surface area contributed by atoms with Gasteiger partial charge in [0.15, 0.2) is 0 Å². The van der Waals surface area contributed by atoms with Crippen LogP contribution in [0.1, 0.15) is 0 Å². The molecule has 0 bridgehead atoms. The number of pyridine rings is 2. The van der Waals surface area contributed by atoms with Gasteiger partial charge in [0.2, 0.25) is 6.33 Å². The van der Waals surface area contributed by atoms with E-state index in [-0.39, 0.29) is 21.1 Å². The maximum absolute atomic E-state index is 6.01. The average Bonchev–Trinajstić information content (AvgIpc) is 3.12. The zero-order chi connectivity index (χ0) is 19.6. The van der Waals surface area contributed by atoms with E-state index in [2.05, 4.69) is 40.6 Å². The van der Waals surface area contributed by atoms with Gasteiger partial charge in [-0.1, -0.05) is 48.2 Å². The molecule has 3 heterocycles. The van der Waals surface area contributed by atoms with Crippen LogP contribution in [0, 0.1) is 18.5 Å². The molecule has 5 nitrogen and oxygen atoms in total. The van der Waals surface area contributed by atoms with Gasteiger partial charge >= 0.3 is 0 Å². The molecule has 0 fully saturated rings. The number of hydrogen-bond acceptors (Lipinski definition) is 3. The van der Waals surface area contributed by atoms with Crippen LogP contribution in [0.2, 0.25) is 0 Å². The molecule has 0 N–H and O–H groups in total. The summed E-state index contributed by atoms with van der Waals surface area (Å²) in [4.78, 5) is 8.65. The fourth-order valence-corrected chi connectivity index (χ4v) is 3.19. The molecule has 0 aliphatic heterocycles. The molecule has 2 aromatic carbocycles. The summed E-state index contributed by atoms with van der Waals surface area (Å²) in [7, 11) is 1.98. The van der Waals surface area contributed by atoms with E-state index in [9.17, 15) is 0 Å². The van der Waals surface area contributed by atoms with Gasteiger partial charge in [-0.15, -0.1) is 18.2 Å². The molecular weight excluding hydrogens is 555 g/mol. The maximum atomic E-state index is 6.01. The summed E-state index contributed by atoms with van der Waals surface area (Å²) in [5, 5.41) is 0. The van der Waals surface area contributed by atoms with Crippen LogP contribution < -0.4 is 9.30 Å². The summed E-state index contributed by atoms with van der Waals surface area (Å²) in [5.41, 5.74) is 4.37. The van der Waals surface area contributed by atoms with E-state index in [4.69, 9.17) is 4.74 Å². The minimum absolute atomic E-state index is 0. The van der Waals surface area contributed by atoms with Crippen LogP contribution in [0.5, 0.6) is 11.5 Å². The number of benzene rings is 2. The SMILES string of the molecule is C[n+]1[c-]n(-c2[c-]c(Oc3[c-]c(-c4ccccn4)ncc3)ccc2)c2ccccc21.[Pt]. The third-order valence-electron chi connectivity index (χ3n) is 4.53. The number of fused-ring (bicyclic) bond motifs is 1. The van der Waals surface area contributed by atoms with E-state index in [0.717, 1.165) is 22.4 Å². The summed E-state index contributed by atoms with van der Waals surface area (Å²) in [6.07, 6.45) is 6.73. The molecule has 0 amide bonds. The van der Waals surface area contributed by atoms with E-state index in [0.29, 0.717) is 17.2 Å². The fourth-order valence-electron chi connectivity index (χ4n) is 3.19. The van der Waals surface area contributed by atoms with Gasteiger partial charge in [0.05, 0.1) is 18.1 Å². The van der Waals surface area contributed by atoms with Crippen molar-refractivity contribution in [3.05, 3.63) is 97.6 Å². The summed E-state index contributed by atoms with van der Waals surface area (Å²) >= 11 is 0. The third-order valence-corrected chi connectivity index (χ3v) is 4.53.